The number of carbonyl (C=O) groups is 2. The molecule has 2 fully saturated rings. The van der Waals surface area contributed by atoms with Crippen LogP contribution in [0.3, 0.4) is 0 Å². The summed E-state index contributed by atoms with van der Waals surface area (Å²) >= 11 is 1.98. The highest BCUT2D eigenvalue weighted by atomic mass is 127. The lowest BCUT2D eigenvalue weighted by Gasteiger charge is -2.29. The van der Waals surface area contributed by atoms with E-state index in [0.29, 0.717) is 29.5 Å². The van der Waals surface area contributed by atoms with Crippen molar-refractivity contribution in [1.29, 1.82) is 0 Å². The number of nitrogens with zero attached hydrogens (tertiary/aromatic N) is 4. The molecule has 222 valence electrons. The van der Waals surface area contributed by atoms with Crippen LogP contribution in [0.2, 0.25) is 0 Å². The number of likely N-dealkylation sites (tertiary alicyclic amines) is 1. The van der Waals surface area contributed by atoms with Crippen LogP contribution in [0.1, 0.15) is 30.9 Å². The Morgan fingerprint density at radius 3 is 2.44 bits per heavy atom. The molecular weight excluding hydrogens is 674 g/mol. The van der Waals surface area contributed by atoms with Crippen molar-refractivity contribution in [3.8, 4) is 5.69 Å². The topological polar surface area (TPSA) is 137 Å². The van der Waals surface area contributed by atoms with Crippen molar-refractivity contribution in [2.45, 2.75) is 32.2 Å². The highest BCUT2D eigenvalue weighted by Gasteiger charge is 2.32. The summed E-state index contributed by atoms with van der Waals surface area (Å²) in [4.78, 5) is 67.2. The molecule has 0 atom stereocenters. The van der Waals surface area contributed by atoms with Crippen molar-refractivity contribution < 1.29 is 18.7 Å². The fourth-order valence-electron chi connectivity index (χ4n) is 5.08. The Bertz CT molecular complexity index is 2010. The van der Waals surface area contributed by atoms with E-state index in [-0.39, 0.29) is 45.4 Å². The molecule has 0 spiro atoms. The van der Waals surface area contributed by atoms with Crippen LogP contribution in [0.5, 0.6) is 0 Å². The van der Waals surface area contributed by atoms with Gasteiger partial charge in [0, 0.05) is 41.0 Å². The van der Waals surface area contributed by atoms with Crippen LogP contribution in [-0.4, -0.2) is 43.9 Å². The first-order chi connectivity index (χ1) is 20.5. The number of halogens is 2. The zero-order chi connectivity index (χ0) is 30.6. The Balaban J connectivity index is 1.53. The van der Waals surface area contributed by atoms with Crippen LogP contribution in [0.4, 0.5) is 31.2 Å². The van der Waals surface area contributed by atoms with Gasteiger partial charge in [-0.2, -0.15) is 0 Å². The van der Waals surface area contributed by atoms with E-state index in [1.165, 1.54) is 46.2 Å². The van der Waals surface area contributed by atoms with E-state index < -0.39 is 34.8 Å². The second kappa shape index (κ2) is 11.0. The summed E-state index contributed by atoms with van der Waals surface area (Å²) in [6, 6.07) is 10.3. The monoisotopic (exact) mass is 700 g/mol. The molecule has 0 unspecified atom stereocenters. The number of hydrogen-bond acceptors (Lipinski definition) is 7. The fraction of sp³-hybridized carbons (Fsp3) is 0.276. The molecule has 2 aromatic heterocycles. The third kappa shape index (κ3) is 5.19. The third-order valence-corrected chi connectivity index (χ3v) is 8.26. The zero-order valence-electron chi connectivity index (χ0n) is 23.1. The molecule has 1 aliphatic carbocycles. The number of hydrogen-bond donors (Lipinski definition) is 2. The van der Waals surface area contributed by atoms with Gasteiger partial charge in [-0.3, -0.25) is 28.6 Å². The molecule has 2 aliphatic rings. The molecule has 1 aliphatic heterocycles. The van der Waals surface area contributed by atoms with E-state index in [1.54, 1.807) is 24.3 Å². The van der Waals surface area contributed by atoms with E-state index in [9.17, 15) is 28.4 Å². The summed E-state index contributed by atoms with van der Waals surface area (Å²) in [6.45, 7) is 2.54. The maximum Gasteiger partial charge on any atom is 0.420 e. The van der Waals surface area contributed by atoms with Gasteiger partial charge < -0.3 is 15.0 Å². The van der Waals surface area contributed by atoms with E-state index in [0.717, 1.165) is 11.0 Å². The number of anilines is 3. The lowest BCUT2D eigenvalue weighted by atomic mass is 10.1. The van der Waals surface area contributed by atoms with Crippen LogP contribution >= 0.6 is 22.6 Å². The van der Waals surface area contributed by atoms with Crippen molar-refractivity contribution in [2.24, 2.45) is 7.05 Å². The highest BCUT2D eigenvalue weighted by molar-refractivity contribution is 14.1. The van der Waals surface area contributed by atoms with Crippen LogP contribution in [0.25, 0.3) is 16.6 Å². The van der Waals surface area contributed by atoms with Gasteiger partial charge in [0.05, 0.1) is 16.9 Å². The lowest BCUT2D eigenvalue weighted by Crippen LogP contribution is -2.43. The van der Waals surface area contributed by atoms with Gasteiger partial charge in [-0.1, -0.05) is 6.07 Å². The Labute approximate surface area is 256 Å². The lowest BCUT2D eigenvalue weighted by molar-refractivity contribution is 0.103. The highest BCUT2D eigenvalue weighted by Crippen LogP contribution is 2.34. The summed E-state index contributed by atoms with van der Waals surface area (Å²) in [7, 11) is 1.47. The number of aryl methyl sites for hydroxylation is 1. The molecular formula is C29H26FIN6O6. The normalized spacial score (nSPS) is 14.4. The van der Waals surface area contributed by atoms with Crippen LogP contribution in [-0.2, 0) is 11.8 Å². The summed E-state index contributed by atoms with van der Waals surface area (Å²) in [5.74, 6) is -0.552. The van der Waals surface area contributed by atoms with Gasteiger partial charge in [0.1, 0.15) is 17.0 Å². The number of carbonyl (C=O) groups excluding carboxylic acids is 2. The number of rotatable bonds is 5. The van der Waals surface area contributed by atoms with Gasteiger partial charge in [-0.15, -0.1) is 0 Å². The van der Waals surface area contributed by atoms with Gasteiger partial charge in [0.25, 0.3) is 11.1 Å². The van der Waals surface area contributed by atoms with E-state index in [1.807, 2.05) is 22.6 Å². The summed E-state index contributed by atoms with van der Waals surface area (Å²) in [5, 5.41) is 5.45. The number of aromatic nitrogens is 3. The summed E-state index contributed by atoms with van der Waals surface area (Å²) < 4.78 is 24.1. The van der Waals surface area contributed by atoms with Crippen LogP contribution in [0.15, 0.2) is 56.8 Å². The number of benzene rings is 2. The predicted octanol–water partition coefficient (Wildman–Crippen LogP) is 4.36. The summed E-state index contributed by atoms with van der Waals surface area (Å²) in [6.07, 6.45) is 0.334. The maximum atomic E-state index is 14.9. The number of ether oxygens (including phenoxy) is 1. The second-order valence-electron chi connectivity index (χ2n) is 10.5. The van der Waals surface area contributed by atoms with E-state index in [2.05, 4.69) is 10.6 Å². The summed E-state index contributed by atoms with van der Waals surface area (Å²) in [5.41, 5.74) is -1.07. The fourth-order valence-corrected chi connectivity index (χ4v) is 5.54. The first-order valence-electron chi connectivity index (χ1n) is 13.6. The maximum absolute atomic E-state index is 14.9. The molecule has 0 bridgehead atoms. The van der Waals surface area contributed by atoms with Crippen molar-refractivity contribution in [1.82, 2.24) is 18.6 Å². The van der Waals surface area contributed by atoms with Crippen molar-refractivity contribution in [2.75, 3.05) is 23.7 Å². The molecule has 3 heterocycles. The van der Waals surface area contributed by atoms with E-state index >= 15 is 0 Å². The Hall–Kier alpha value is -4.47. The molecule has 14 heteroatoms. The molecule has 1 saturated heterocycles. The SMILES string of the molecule is Cc1c(=O)n(C)c(Nc2ccc(I)cc2F)c2c(=O)n(C3CC3)c(=O)n(-c3cccc(NC(=O)OC(=O)N4CCC4)c3)c12. The third-order valence-electron chi connectivity index (χ3n) is 7.58. The zero-order valence-corrected chi connectivity index (χ0v) is 25.3. The van der Waals surface area contributed by atoms with Crippen molar-refractivity contribution in [3.05, 3.63) is 88.6 Å². The van der Waals surface area contributed by atoms with Gasteiger partial charge in [-0.25, -0.2) is 18.8 Å². The molecule has 2 aromatic carbocycles. The van der Waals surface area contributed by atoms with Crippen LogP contribution in [0, 0.1) is 16.3 Å². The average Bonchev–Trinajstić information content (AvgIpc) is 3.75. The Kier molecular flexibility index (Phi) is 7.31. The number of pyridine rings is 1. The van der Waals surface area contributed by atoms with Crippen molar-refractivity contribution >= 4 is 62.9 Å². The first-order valence-corrected chi connectivity index (χ1v) is 14.6. The Morgan fingerprint density at radius 1 is 1.05 bits per heavy atom. The number of fused-ring (bicyclic) bond motifs is 1. The van der Waals surface area contributed by atoms with Gasteiger partial charge in [0.15, 0.2) is 0 Å². The average molecular weight is 700 g/mol. The van der Waals surface area contributed by atoms with Gasteiger partial charge in [0.2, 0.25) is 0 Å². The van der Waals surface area contributed by atoms with Crippen molar-refractivity contribution in [3.63, 3.8) is 0 Å². The minimum Gasteiger partial charge on any atom is -0.359 e. The minimum atomic E-state index is -0.995. The van der Waals surface area contributed by atoms with Gasteiger partial charge >= 0.3 is 17.9 Å². The molecule has 2 amide bonds. The molecule has 12 nitrogen and oxygen atoms in total. The standard InChI is InChI=1S/C29H26FIN6O6/c1-15-23-22(24(34(2)25(15)38)33-21-10-7-16(31)13-20(21)30)26(39)37(18-8-9-18)28(41)36(23)19-6-3-5-17(14-19)32-27(40)43-29(42)35-11-4-12-35/h3,5-7,10,13-14,18,33H,4,8-9,11-12H2,1-2H3,(H,32,40). The molecule has 0 radical (unpaired) electrons. The van der Waals surface area contributed by atoms with E-state index in [4.69, 9.17) is 4.74 Å². The number of nitrogens with one attached hydrogen (secondary N) is 2. The smallest absolute Gasteiger partial charge is 0.359 e. The molecule has 2 N–H and O–H groups in total. The first kappa shape index (κ1) is 28.6. The second-order valence-corrected chi connectivity index (χ2v) is 11.8. The molecule has 43 heavy (non-hydrogen) atoms. The predicted molar refractivity (Wildman–Crippen MR) is 166 cm³/mol. The molecule has 4 aromatic rings. The molecule has 1 saturated carbocycles. The quantitative estimate of drug-likeness (QED) is 0.233. The van der Waals surface area contributed by atoms with Crippen LogP contribution < -0.4 is 27.4 Å². The number of amides is 2. The minimum absolute atomic E-state index is 0.0289. The van der Waals surface area contributed by atoms with Gasteiger partial charge in [-0.05, 0) is 85.2 Å². The molecule has 6 rings (SSSR count). The largest absolute Gasteiger partial charge is 0.420 e. The Morgan fingerprint density at radius 2 is 1.79 bits per heavy atom.